The number of methoxy groups -OCH3 is 1. The summed E-state index contributed by atoms with van der Waals surface area (Å²) in [5, 5.41) is 2.86. The lowest BCUT2D eigenvalue weighted by atomic mass is 9.93. The van der Waals surface area contributed by atoms with E-state index in [-0.39, 0.29) is 11.5 Å². The molecule has 0 aromatic heterocycles. The molecule has 0 heterocycles. The van der Waals surface area contributed by atoms with Crippen molar-refractivity contribution in [3.05, 3.63) is 23.8 Å². The average Bonchev–Trinajstić information content (AvgIpc) is 2.61. The first-order chi connectivity index (χ1) is 12.8. The zero-order chi connectivity index (χ0) is 20.4. The highest BCUT2D eigenvalue weighted by Crippen LogP contribution is 2.27. The molecule has 0 aliphatic rings. The lowest BCUT2D eigenvalue weighted by molar-refractivity contribution is -0.140. The molecule has 1 rings (SSSR count). The van der Waals surface area contributed by atoms with Crippen LogP contribution < -0.4 is 10.1 Å². The molecule has 1 N–H and O–H groups in total. The Bertz CT molecular complexity index is 629. The number of ether oxygens (including phenoxy) is 3. The van der Waals surface area contributed by atoms with Gasteiger partial charge < -0.3 is 19.5 Å². The van der Waals surface area contributed by atoms with Gasteiger partial charge in [-0.25, -0.2) is 4.79 Å². The highest BCUT2D eigenvalue weighted by Gasteiger charge is 2.34. The molecular weight excluding hydrogens is 346 g/mol. The number of carbonyl (C=O) groups is 2. The van der Waals surface area contributed by atoms with E-state index < -0.39 is 11.6 Å². The number of carbonyl (C=O) groups excluding carboxylic acids is 2. The van der Waals surface area contributed by atoms with Crippen LogP contribution in [0.1, 0.15) is 64.2 Å². The van der Waals surface area contributed by atoms with E-state index in [4.69, 9.17) is 14.2 Å². The number of rotatable bonds is 11. The van der Waals surface area contributed by atoms with Gasteiger partial charge in [0.25, 0.3) is 5.91 Å². The van der Waals surface area contributed by atoms with Crippen LogP contribution in [0.3, 0.4) is 0 Å². The Labute approximate surface area is 162 Å². The highest BCUT2D eigenvalue weighted by molar-refractivity contribution is 5.99. The Hall–Kier alpha value is -2.08. The van der Waals surface area contributed by atoms with Crippen molar-refractivity contribution in [3.63, 3.8) is 0 Å². The van der Waals surface area contributed by atoms with E-state index in [1.807, 2.05) is 20.8 Å². The maximum absolute atomic E-state index is 12.8. The summed E-state index contributed by atoms with van der Waals surface area (Å²) in [5.41, 5.74) is -0.156. The van der Waals surface area contributed by atoms with Gasteiger partial charge in [-0.15, -0.1) is 0 Å². The standard InChI is InChI=1S/C21H33NO5/c1-7-9-12-26-18-11-10-16(13-17(18)19(23)25-6)22-20(24)21(5,27-8-2)14-15(3)4/h10-11,13,15H,7-9,12,14H2,1-6H3,(H,22,24)/t21-/m1/s1. The predicted octanol–water partition coefficient (Wildman–Crippen LogP) is 4.43. The van der Waals surface area contributed by atoms with Gasteiger partial charge in [0.1, 0.15) is 16.9 Å². The topological polar surface area (TPSA) is 73.9 Å². The third-order valence-corrected chi connectivity index (χ3v) is 4.14. The van der Waals surface area contributed by atoms with E-state index in [2.05, 4.69) is 12.2 Å². The number of anilines is 1. The summed E-state index contributed by atoms with van der Waals surface area (Å²) in [6.07, 6.45) is 2.48. The lowest BCUT2D eigenvalue weighted by Gasteiger charge is -2.30. The van der Waals surface area contributed by atoms with Gasteiger partial charge in [0.2, 0.25) is 0 Å². The fraction of sp³-hybridized carbons (Fsp3) is 0.619. The molecule has 1 aromatic rings. The normalized spacial score (nSPS) is 13.1. The zero-order valence-electron chi connectivity index (χ0n) is 17.4. The van der Waals surface area contributed by atoms with Crippen molar-refractivity contribution in [3.8, 4) is 5.75 Å². The number of hydrogen-bond donors (Lipinski definition) is 1. The Morgan fingerprint density at radius 1 is 1.22 bits per heavy atom. The van der Waals surface area contributed by atoms with E-state index in [0.29, 0.717) is 37.0 Å². The van der Waals surface area contributed by atoms with Crippen LogP contribution >= 0.6 is 0 Å². The fourth-order valence-electron chi connectivity index (χ4n) is 2.91. The van der Waals surface area contributed by atoms with Gasteiger partial charge in [0.05, 0.1) is 13.7 Å². The van der Waals surface area contributed by atoms with Crippen LogP contribution in [0.5, 0.6) is 5.75 Å². The SMILES string of the molecule is CCCCOc1ccc(NC(=O)[C@@](C)(CC(C)C)OCC)cc1C(=O)OC. The molecule has 0 aliphatic carbocycles. The average molecular weight is 379 g/mol. The minimum atomic E-state index is -0.940. The molecule has 0 saturated heterocycles. The van der Waals surface area contributed by atoms with Gasteiger partial charge in [0.15, 0.2) is 0 Å². The van der Waals surface area contributed by atoms with Crippen molar-refractivity contribution in [2.45, 2.75) is 59.5 Å². The largest absolute Gasteiger partial charge is 0.493 e. The minimum absolute atomic E-state index is 0.242. The summed E-state index contributed by atoms with van der Waals surface area (Å²) in [4.78, 5) is 24.9. The van der Waals surface area contributed by atoms with Crippen molar-refractivity contribution in [1.82, 2.24) is 0 Å². The van der Waals surface area contributed by atoms with Gasteiger partial charge in [-0.3, -0.25) is 4.79 Å². The second-order valence-corrected chi connectivity index (χ2v) is 7.12. The fourth-order valence-corrected chi connectivity index (χ4v) is 2.91. The second-order valence-electron chi connectivity index (χ2n) is 7.12. The summed E-state index contributed by atoms with van der Waals surface area (Å²) in [6, 6.07) is 4.97. The van der Waals surface area contributed by atoms with Crippen molar-refractivity contribution in [2.75, 3.05) is 25.6 Å². The molecule has 1 atom stereocenters. The summed E-state index contributed by atoms with van der Waals surface area (Å²) < 4.78 is 16.3. The third kappa shape index (κ3) is 6.86. The van der Waals surface area contributed by atoms with E-state index in [0.717, 1.165) is 12.8 Å². The maximum atomic E-state index is 12.8. The predicted molar refractivity (Wildman–Crippen MR) is 106 cm³/mol. The van der Waals surface area contributed by atoms with Crippen LogP contribution in [0, 0.1) is 5.92 Å². The van der Waals surface area contributed by atoms with Crippen LogP contribution in [-0.2, 0) is 14.3 Å². The van der Waals surface area contributed by atoms with Crippen molar-refractivity contribution in [2.24, 2.45) is 5.92 Å². The number of benzene rings is 1. The van der Waals surface area contributed by atoms with E-state index in [1.165, 1.54) is 7.11 Å². The van der Waals surface area contributed by atoms with E-state index in [9.17, 15) is 9.59 Å². The van der Waals surface area contributed by atoms with Gasteiger partial charge in [-0.05, 0) is 50.8 Å². The Morgan fingerprint density at radius 2 is 1.93 bits per heavy atom. The summed E-state index contributed by atoms with van der Waals surface area (Å²) >= 11 is 0. The zero-order valence-corrected chi connectivity index (χ0v) is 17.4. The van der Waals surface area contributed by atoms with Gasteiger partial charge in [-0.1, -0.05) is 27.2 Å². The van der Waals surface area contributed by atoms with Crippen LogP contribution in [0.4, 0.5) is 5.69 Å². The Kier molecular flexibility index (Phi) is 9.29. The molecule has 0 unspecified atom stereocenters. The first-order valence-electron chi connectivity index (χ1n) is 9.57. The first-order valence-corrected chi connectivity index (χ1v) is 9.57. The van der Waals surface area contributed by atoms with Gasteiger partial charge in [-0.2, -0.15) is 0 Å². The van der Waals surface area contributed by atoms with Crippen LogP contribution in [-0.4, -0.2) is 37.8 Å². The van der Waals surface area contributed by atoms with Crippen molar-refractivity contribution < 1.29 is 23.8 Å². The quantitative estimate of drug-likeness (QED) is 0.455. The molecule has 0 fully saturated rings. The number of nitrogens with one attached hydrogen (secondary N) is 1. The van der Waals surface area contributed by atoms with E-state index in [1.54, 1.807) is 25.1 Å². The molecule has 6 nitrogen and oxygen atoms in total. The molecule has 0 bridgehead atoms. The molecule has 0 saturated carbocycles. The molecule has 0 aliphatic heterocycles. The number of esters is 1. The lowest BCUT2D eigenvalue weighted by Crippen LogP contribution is -2.44. The molecule has 0 spiro atoms. The summed E-state index contributed by atoms with van der Waals surface area (Å²) in [5.74, 6) is -0.00353. The first kappa shape index (κ1) is 23.0. The van der Waals surface area contributed by atoms with E-state index >= 15 is 0 Å². The van der Waals surface area contributed by atoms with Crippen LogP contribution in [0.15, 0.2) is 18.2 Å². The number of hydrogen-bond acceptors (Lipinski definition) is 5. The molecule has 152 valence electrons. The smallest absolute Gasteiger partial charge is 0.341 e. The molecule has 0 radical (unpaired) electrons. The number of unbranched alkanes of at least 4 members (excludes halogenated alkanes) is 1. The van der Waals surface area contributed by atoms with Gasteiger partial charge >= 0.3 is 5.97 Å². The molecule has 6 heteroatoms. The van der Waals surface area contributed by atoms with Crippen LogP contribution in [0.25, 0.3) is 0 Å². The molecule has 1 amide bonds. The molecular formula is C21H33NO5. The Balaban J connectivity index is 3.04. The van der Waals surface area contributed by atoms with Crippen molar-refractivity contribution >= 4 is 17.6 Å². The monoisotopic (exact) mass is 379 g/mol. The summed E-state index contributed by atoms with van der Waals surface area (Å²) in [7, 11) is 1.32. The Morgan fingerprint density at radius 3 is 2.48 bits per heavy atom. The highest BCUT2D eigenvalue weighted by atomic mass is 16.5. The van der Waals surface area contributed by atoms with Crippen molar-refractivity contribution in [1.29, 1.82) is 0 Å². The third-order valence-electron chi connectivity index (χ3n) is 4.14. The molecule has 27 heavy (non-hydrogen) atoms. The minimum Gasteiger partial charge on any atom is -0.493 e. The van der Waals surface area contributed by atoms with Gasteiger partial charge in [0, 0.05) is 12.3 Å². The van der Waals surface area contributed by atoms with Crippen LogP contribution in [0.2, 0.25) is 0 Å². The maximum Gasteiger partial charge on any atom is 0.341 e. The molecule has 1 aromatic carbocycles. The second kappa shape index (κ2) is 10.9. The summed E-state index contributed by atoms with van der Waals surface area (Å²) in [6.45, 7) is 10.8. The number of amides is 1.